The summed E-state index contributed by atoms with van der Waals surface area (Å²) in [6, 6.07) is 10.3. The molecule has 0 spiro atoms. The van der Waals surface area contributed by atoms with Crippen LogP contribution in [0.4, 0.5) is 5.82 Å². The van der Waals surface area contributed by atoms with Gasteiger partial charge in [-0.1, -0.05) is 30.3 Å². The van der Waals surface area contributed by atoms with Crippen LogP contribution in [0, 0.1) is 6.92 Å². The Labute approximate surface area is 143 Å². The van der Waals surface area contributed by atoms with Crippen molar-refractivity contribution in [2.24, 2.45) is 0 Å². The maximum Gasteiger partial charge on any atom is 0.182 e. The predicted octanol–water partition coefficient (Wildman–Crippen LogP) is 3.96. The summed E-state index contributed by atoms with van der Waals surface area (Å²) in [5.41, 5.74) is 3.65. The lowest BCUT2D eigenvalue weighted by molar-refractivity contribution is 0.881. The van der Waals surface area contributed by atoms with Gasteiger partial charge >= 0.3 is 0 Å². The van der Waals surface area contributed by atoms with Gasteiger partial charge in [-0.05, 0) is 13.8 Å². The average molecular weight is 336 g/mol. The Hall–Kier alpha value is -2.80. The van der Waals surface area contributed by atoms with Gasteiger partial charge in [0.15, 0.2) is 11.5 Å². The van der Waals surface area contributed by atoms with Crippen LogP contribution in [0.1, 0.15) is 23.5 Å². The lowest BCUT2D eigenvalue weighted by Crippen LogP contribution is -2.08. The third-order valence-corrected chi connectivity index (χ3v) is 5.21. The first kappa shape index (κ1) is 14.8. The van der Waals surface area contributed by atoms with Crippen molar-refractivity contribution in [3.8, 4) is 10.6 Å². The fraction of sp³-hybridized carbons (Fsp3) is 0.176. The van der Waals surface area contributed by atoms with E-state index in [0.29, 0.717) is 5.65 Å². The van der Waals surface area contributed by atoms with Crippen LogP contribution >= 0.6 is 11.3 Å². The van der Waals surface area contributed by atoms with Crippen molar-refractivity contribution in [2.45, 2.75) is 19.9 Å². The van der Waals surface area contributed by atoms with Crippen molar-refractivity contribution in [1.29, 1.82) is 0 Å². The SMILES string of the molecule is Cc1nc(-c2ccccc2)sc1C(C)Nc1ncnc2nc[nH]c12. The number of rotatable bonds is 4. The fourth-order valence-electron chi connectivity index (χ4n) is 2.66. The van der Waals surface area contributed by atoms with Crippen LogP contribution in [0.2, 0.25) is 0 Å². The molecule has 24 heavy (non-hydrogen) atoms. The number of benzene rings is 1. The summed E-state index contributed by atoms with van der Waals surface area (Å²) >= 11 is 1.70. The second-order valence-corrected chi connectivity index (χ2v) is 6.55. The molecular weight excluding hydrogens is 320 g/mol. The smallest absolute Gasteiger partial charge is 0.182 e. The molecule has 0 aliphatic heterocycles. The molecule has 3 heterocycles. The maximum absolute atomic E-state index is 4.72. The minimum atomic E-state index is 0.0846. The van der Waals surface area contributed by atoms with Crippen molar-refractivity contribution in [3.63, 3.8) is 0 Å². The van der Waals surface area contributed by atoms with E-state index in [1.807, 2.05) is 25.1 Å². The number of imidazole rings is 1. The third kappa shape index (κ3) is 2.63. The van der Waals surface area contributed by atoms with E-state index in [4.69, 9.17) is 4.98 Å². The number of aromatic nitrogens is 5. The van der Waals surface area contributed by atoms with Crippen LogP contribution in [-0.4, -0.2) is 24.9 Å². The Morgan fingerprint density at radius 3 is 2.79 bits per heavy atom. The molecule has 1 unspecified atom stereocenters. The fourth-order valence-corrected chi connectivity index (χ4v) is 3.73. The van der Waals surface area contributed by atoms with Crippen LogP contribution in [0.15, 0.2) is 43.0 Å². The van der Waals surface area contributed by atoms with Gasteiger partial charge in [-0.3, -0.25) is 0 Å². The summed E-state index contributed by atoms with van der Waals surface area (Å²) in [6.45, 7) is 4.15. The van der Waals surface area contributed by atoms with E-state index < -0.39 is 0 Å². The van der Waals surface area contributed by atoms with E-state index in [1.165, 1.54) is 11.2 Å². The summed E-state index contributed by atoms with van der Waals surface area (Å²) in [6.07, 6.45) is 3.15. The molecular formula is C17H16N6S. The number of thiazole rings is 1. The van der Waals surface area contributed by atoms with E-state index >= 15 is 0 Å². The minimum absolute atomic E-state index is 0.0846. The third-order valence-electron chi connectivity index (χ3n) is 3.82. The molecule has 0 saturated carbocycles. The second-order valence-electron chi connectivity index (χ2n) is 5.52. The van der Waals surface area contributed by atoms with Gasteiger partial charge in [0.1, 0.15) is 16.9 Å². The topological polar surface area (TPSA) is 79.4 Å². The summed E-state index contributed by atoms with van der Waals surface area (Å²) in [4.78, 5) is 21.6. The van der Waals surface area contributed by atoms with Crippen LogP contribution < -0.4 is 5.32 Å². The highest BCUT2D eigenvalue weighted by atomic mass is 32.1. The van der Waals surface area contributed by atoms with Crippen molar-refractivity contribution in [3.05, 3.63) is 53.6 Å². The lowest BCUT2D eigenvalue weighted by atomic mass is 10.2. The molecule has 1 aromatic carbocycles. The van der Waals surface area contributed by atoms with Gasteiger partial charge in [-0.25, -0.2) is 19.9 Å². The Balaban J connectivity index is 1.64. The Morgan fingerprint density at radius 2 is 1.96 bits per heavy atom. The molecule has 1 atom stereocenters. The van der Waals surface area contributed by atoms with Crippen molar-refractivity contribution >= 4 is 28.3 Å². The van der Waals surface area contributed by atoms with Crippen molar-refractivity contribution in [1.82, 2.24) is 24.9 Å². The molecule has 0 bridgehead atoms. The Morgan fingerprint density at radius 1 is 1.12 bits per heavy atom. The highest BCUT2D eigenvalue weighted by molar-refractivity contribution is 7.15. The van der Waals surface area contributed by atoms with E-state index in [2.05, 4.69) is 44.3 Å². The first-order chi connectivity index (χ1) is 11.7. The molecule has 4 aromatic rings. The Kier molecular flexibility index (Phi) is 3.70. The summed E-state index contributed by atoms with van der Waals surface area (Å²) in [5.74, 6) is 0.749. The van der Waals surface area contributed by atoms with Gasteiger partial charge < -0.3 is 10.3 Å². The number of anilines is 1. The quantitative estimate of drug-likeness (QED) is 0.590. The maximum atomic E-state index is 4.72. The number of aromatic amines is 1. The lowest BCUT2D eigenvalue weighted by Gasteiger charge is -2.13. The molecule has 0 aliphatic carbocycles. The van der Waals surface area contributed by atoms with Gasteiger partial charge in [0, 0.05) is 10.4 Å². The number of fused-ring (bicyclic) bond motifs is 1. The summed E-state index contributed by atoms with van der Waals surface area (Å²) in [7, 11) is 0. The van der Waals surface area contributed by atoms with Gasteiger partial charge in [0.05, 0.1) is 18.1 Å². The zero-order chi connectivity index (χ0) is 16.5. The first-order valence-corrected chi connectivity index (χ1v) is 8.47. The van der Waals surface area contributed by atoms with Crippen molar-refractivity contribution < 1.29 is 0 Å². The predicted molar refractivity (Wildman–Crippen MR) is 96.0 cm³/mol. The number of hydrogen-bond donors (Lipinski definition) is 2. The van der Waals surface area contributed by atoms with Gasteiger partial charge in [0.2, 0.25) is 0 Å². The minimum Gasteiger partial charge on any atom is -0.361 e. The van der Waals surface area contributed by atoms with Crippen LogP contribution in [0.5, 0.6) is 0 Å². The zero-order valence-corrected chi connectivity index (χ0v) is 14.1. The Bertz CT molecular complexity index is 975. The van der Waals surface area contributed by atoms with E-state index in [1.54, 1.807) is 17.7 Å². The van der Waals surface area contributed by atoms with Gasteiger partial charge in [0.25, 0.3) is 0 Å². The number of hydrogen-bond acceptors (Lipinski definition) is 6. The monoisotopic (exact) mass is 336 g/mol. The van der Waals surface area contributed by atoms with Crippen molar-refractivity contribution in [2.75, 3.05) is 5.32 Å². The highest BCUT2D eigenvalue weighted by Crippen LogP contribution is 2.33. The number of nitrogens with zero attached hydrogens (tertiary/aromatic N) is 4. The number of nitrogens with one attached hydrogen (secondary N) is 2. The van der Waals surface area contributed by atoms with E-state index in [9.17, 15) is 0 Å². The molecule has 6 nitrogen and oxygen atoms in total. The molecule has 0 radical (unpaired) electrons. The largest absolute Gasteiger partial charge is 0.361 e. The molecule has 0 saturated heterocycles. The molecule has 4 rings (SSSR count). The molecule has 3 aromatic heterocycles. The number of aryl methyl sites for hydroxylation is 1. The molecule has 7 heteroatoms. The van der Waals surface area contributed by atoms with E-state index in [-0.39, 0.29) is 6.04 Å². The average Bonchev–Trinajstić information content (AvgIpc) is 3.23. The molecule has 2 N–H and O–H groups in total. The molecule has 0 fully saturated rings. The van der Waals surface area contributed by atoms with Crippen LogP contribution in [-0.2, 0) is 0 Å². The van der Waals surface area contributed by atoms with Crippen LogP contribution in [0.25, 0.3) is 21.7 Å². The van der Waals surface area contributed by atoms with Gasteiger partial charge in [-0.2, -0.15) is 0 Å². The van der Waals surface area contributed by atoms with E-state index in [0.717, 1.165) is 27.6 Å². The summed E-state index contributed by atoms with van der Waals surface area (Å²) in [5, 5.41) is 4.47. The van der Waals surface area contributed by atoms with Crippen LogP contribution in [0.3, 0.4) is 0 Å². The normalized spacial score (nSPS) is 12.4. The summed E-state index contributed by atoms with van der Waals surface area (Å²) < 4.78 is 0. The standard InChI is InChI=1S/C17H16N6S/c1-10(22-16-13-15(19-8-18-13)20-9-21-16)14-11(2)23-17(24-14)12-6-4-3-5-7-12/h3-10H,1-2H3,(H2,18,19,20,21,22). The zero-order valence-electron chi connectivity index (χ0n) is 13.3. The number of H-pyrrole nitrogens is 1. The van der Waals surface area contributed by atoms with Gasteiger partial charge in [-0.15, -0.1) is 11.3 Å². The first-order valence-electron chi connectivity index (χ1n) is 7.65. The molecule has 0 amide bonds. The second kappa shape index (κ2) is 6.01. The highest BCUT2D eigenvalue weighted by Gasteiger charge is 2.17. The molecule has 0 aliphatic rings. The molecule has 120 valence electrons.